The lowest BCUT2D eigenvalue weighted by Gasteiger charge is -2.30. The molecule has 2 heterocycles. The molecule has 1 aliphatic rings. The average Bonchev–Trinajstić information content (AvgIpc) is 2.47. The number of nitriles is 1. The van der Waals surface area contributed by atoms with Crippen LogP contribution in [-0.2, 0) is 4.74 Å². The number of ether oxygens (including phenoxy) is 1. The Kier molecular flexibility index (Phi) is 3.79. The molecule has 1 aromatic heterocycles. The smallest absolute Gasteiger partial charge is 0.161 e. The third kappa shape index (κ3) is 2.59. The van der Waals surface area contributed by atoms with Gasteiger partial charge in [-0.15, -0.1) is 0 Å². The maximum Gasteiger partial charge on any atom is 0.161 e. The molecule has 0 N–H and O–H groups in total. The van der Waals surface area contributed by atoms with Gasteiger partial charge in [0.1, 0.15) is 5.82 Å². The molecule has 20 heavy (non-hydrogen) atoms. The molecule has 0 spiro atoms. The molecule has 0 bridgehead atoms. The van der Waals surface area contributed by atoms with E-state index in [1.807, 2.05) is 24.3 Å². The lowest BCUT2D eigenvalue weighted by atomic mass is 10.2. The van der Waals surface area contributed by atoms with Crippen LogP contribution >= 0.6 is 27.5 Å². The number of rotatable bonds is 1. The molecule has 0 amide bonds. The minimum atomic E-state index is -0.401. The number of anilines is 1. The summed E-state index contributed by atoms with van der Waals surface area (Å²) in [6.07, 6.45) is -0.401. The molecule has 1 atom stereocenters. The molecule has 1 unspecified atom stereocenters. The fourth-order valence-electron chi connectivity index (χ4n) is 2.26. The van der Waals surface area contributed by atoms with Gasteiger partial charge in [0.15, 0.2) is 6.10 Å². The van der Waals surface area contributed by atoms with E-state index in [9.17, 15) is 0 Å². The van der Waals surface area contributed by atoms with Gasteiger partial charge in [-0.1, -0.05) is 27.5 Å². The molecule has 1 saturated heterocycles. The molecule has 0 aliphatic carbocycles. The van der Waals surface area contributed by atoms with Crippen LogP contribution < -0.4 is 4.90 Å². The van der Waals surface area contributed by atoms with E-state index in [0.29, 0.717) is 18.2 Å². The van der Waals surface area contributed by atoms with Gasteiger partial charge in [-0.25, -0.2) is 4.98 Å². The second-order valence-electron chi connectivity index (χ2n) is 4.56. The third-order valence-corrected chi connectivity index (χ3v) is 3.98. The van der Waals surface area contributed by atoms with Crippen molar-refractivity contribution >= 4 is 44.3 Å². The highest BCUT2D eigenvalue weighted by atomic mass is 79.9. The highest BCUT2D eigenvalue weighted by molar-refractivity contribution is 9.10. The Hall–Kier alpha value is -1.35. The van der Waals surface area contributed by atoms with E-state index < -0.39 is 6.10 Å². The largest absolute Gasteiger partial charge is 0.360 e. The summed E-state index contributed by atoms with van der Waals surface area (Å²) in [5.74, 6) is 0.824. The summed E-state index contributed by atoms with van der Waals surface area (Å²) in [4.78, 5) is 6.67. The van der Waals surface area contributed by atoms with E-state index in [1.165, 1.54) is 0 Å². The summed E-state index contributed by atoms with van der Waals surface area (Å²) in [5, 5.41) is 10.6. The lowest BCUT2D eigenvalue weighted by molar-refractivity contribution is 0.0762. The van der Waals surface area contributed by atoms with Crippen molar-refractivity contribution in [2.24, 2.45) is 0 Å². The van der Waals surface area contributed by atoms with Gasteiger partial charge in [0, 0.05) is 16.4 Å². The molecule has 0 saturated carbocycles. The molecule has 6 heteroatoms. The highest BCUT2D eigenvalue weighted by Gasteiger charge is 2.21. The van der Waals surface area contributed by atoms with Crippen molar-refractivity contribution in [1.29, 1.82) is 5.26 Å². The Morgan fingerprint density at radius 1 is 1.45 bits per heavy atom. The van der Waals surface area contributed by atoms with E-state index in [2.05, 4.69) is 31.9 Å². The predicted octanol–water partition coefficient (Wildman–Crippen LogP) is 3.38. The quantitative estimate of drug-likeness (QED) is 0.789. The van der Waals surface area contributed by atoms with Crippen LogP contribution in [0.4, 0.5) is 5.82 Å². The number of halogens is 2. The minimum Gasteiger partial charge on any atom is -0.360 e. The second kappa shape index (κ2) is 5.57. The maximum atomic E-state index is 8.95. The standard InChI is InChI=1S/C14H11BrClN3O/c15-10-5-9-1-2-13(18-14(9)12(16)6-10)19-3-4-20-11(7-17)8-19/h1-2,5-6,11H,3-4,8H2. The zero-order valence-electron chi connectivity index (χ0n) is 10.5. The Morgan fingerprint density at radius 3 is 3.10 bits per heavy atom. The number of hydrogen-bond acceptors (Lipinski definition) is 4. The summed E-state index contributed by atoms with van der Waals surface area (Å²) in [6.45, 7) is 1.79. The Morgan fingerprint density at radius 2 is 2.30 bits per heavy atom. The van der Waals surface area contributed by atoms with E-state index >= 15 is 0 Å². The molecule has 4 nitrogen and oxygen atoms in total. The van der Waals surface area contributed by atoms with Crippen LogP contribution in [0, 0.1) is 11.3 Å². The topological polar surface area (TPSA) is 49.2 Å². The highest BCUT2D eigenvalue weighted by Crippen LogP contribution is 2.29. The van der Waals surface area contributed by atoms with Crippen molar-refractivity contribution in [3.05, 3.63) is 33.8 Å². The molecule has 0 radical (unpaired) electrons. The number of pyridine rings is 1. The summed E-state index contributed by atoms with van der Waals surface area (Å²) in [5.41, 5.74) is 0.771. The van der Waals surface area contributed by atoms with Crippen molar-refractivity contribution in [1.82, 2.24) is 4.98 Å². The SMILES string of the molecule is N#CC1CN(c2ccc3cc(Br)cc(Cl)c3n2)CCO1. The van der Waals surface area contributed by atoms with Crippen molar-refractivity contribution in [3.8, 4) is 6.07 Å². The lowest BCUT2D eigenvalue weighted by Crippen LogP contribution is -2.42. The van der Waals surface area contributed by atoms with Crippen LogP contribution in [-0.4, -0.2) is 30.8 Å². The number of fused-ring (bicyclic) bond motifs is 1. The van der Waals surface area contributed by atoms with Gasteiger partial charge >= 0.3 is 0 Å². The van der Waals surface area contributed by atoms with E-state index in [1.54, 1.807) is 0 Å². The van der Waals surface area contributed by atoms with Crippen molar-refractivity contribution in [2.75, 3.05) is 24.6 Å². The molecule has 2 aromatic rings. The van der Waals surface area contributed by atoms with Gasteiger partial charge in [0.05, 0.1) is 29.8 Å². The number of nitrogens with zero attached hydrogens (tertiary/aromatic N) is 3. The first kappa shape index (κ1) is 13.6. The molecule has 1 aliphatic heterocycles. The minimum absolute atomic E-state index is 0.401. The first-order valence-electron chi connectivity index (χ1n) is 6.19. The Balaban J connectivity index is 1.99. The molecule has 3 rings (SSSR count). The normalized spacial score (nSPS) is 19.1. The molecule has 1 fully saturated rings. The molecular weight excluding hydrogens is 342 g/mol. The number of benzene rings is 1. The van der Waals surface area contributed by atoms with Gasteiger partial charge in [-0.2, -0.15) is 5.26 Å². The number of morpholine rings is 1. The van der Waals surface area contributed by atoms with Crippen LogP contribution in [0.3, 0.4) is 0 Å². The van der Waals surface area contributed by atoms with Gasteiger partial charge in [-0.05, 0) is 24.3 Å². The van der Waals surface area contributed by atoms with E-state index in [0.717, 1.165) is 27.7 Å². The van der Waals surface area contributed by atoms with Gasteiger partial charge in [0.2, 0.25) is 0 Å². The number of hydrogen-bond donors (Lipinski definition) is 0. The first-order valence-corrected chi connectivity index (χ1v) is 7.36. The van der Waals surface area contributed by atoms with E-state index in [-0.39, 0.29) is 0 Å². The van der Waals surface area contributed by atoms with Crippen LogP contribution in [0.25, 0.3) is 10.9 Å². The fourth-order valence-corrected chi connectivity index (χ4v) is 3.13. The van der Waals surface area contributed by atoms with Crippen molar-refractivity contribution in [3.63, 3.8) is 0 Å². The van der Waals surface area contributed by atoms with Crippen LogP contribution in [0.1, 0.15) is 0 Å². The Labute approximate surface area is 130 Å². The van der Waals surface area contributed by atoms with Crippen molar-refractivity contribution < 1.29 is 4.74 Å². The van der Waals surface area contributed by atoms with Gasteiger partial charge in [0.25, 0.3) is 0 Å². The van der Waals surface area contributed by atoms with Crippen molar-refractivity contribution in [2.45, 2.75) is 6.10 Å². The third-order valence-electron chi connectivity index (χ3n) is 3.23. The van der Waals surface area contributed by atoms with Crippen LogP contribution in [0.15, 0.2) is 28.7 Å². The fraction of sp³-hybridized carbons (Fsp3) is 0.286. The van der Waals surface area contributed by atoms with Gasteiger partial charge < -0.3 is 9.64 Å². The summed E-state index contributed by atoms with van der Waals surface area (Å²) >= 11 is 9.66. The first-order chi connectivity index (χ1) is 9.67. The zero-order valence-corrected chi connectivity index (χ0v) is 12.9. The second-order valence-corrected chi connectivity index (χ2v) is 5.89. The summed E-state index contributed by atoms with van der Waals surface area (Å²) in [6, 6.07) is 9.89. The van der Waals surface area contributed by atoms with E-state index in [4.69, 9.17) is 21.6 Å². The maximum absolute atomic E-state index is 8.95. The monoisotopic (exact) mass is 351 g/mol. The van der Waals surface area contributed by atoms with Gasteiger partial charge in [-0.3, -0.25) is 0 Å². The molecule has 102 valence electrons. The zero-order chi connectivity index (χ0) is 14.1. The van der Waals surface area contributed by atoms with Crippen LogP contribution in [0.5, 0.6) is 0 Å². The predicted molar refractivity (Wildman–Crippen MR) is 82.0 cm³/mol. The molecular formula is C14H11BrClN3O. The average molecular weight is 353 g/mol. The molecule has 1 aromatic carbocycles. The summed E-state index contributed by atoms with van der Waals surface area (Å²) in [7, 11) is 0. The Bertz CT molecular complexity index is 701. The summed E-state index contributed by atoms with van der Waals surface area (Å²) < 4.78 is 6.27. The van der Waals surface area contributed by atoms with Crippen LogP contribution in [0.2, 0.25) is 5.02 Å². The number of aromatic nitrogens is 1.